The third-order valence-electron chi connectivity index (χ3n) is 5.52. The third-order valence-corrected chi connectivity index (χ3v) is 5.52. The molecule has 1 aromatic heterocycles. The molecule has 4 amide bonds. The lowest BCUT2D eigenvalue weighted by atomic mass is 9.91. The smallest absolute Gasteiger partial charge is 0.391 e. The molecule has 1 saturated carbocycles. The van der Waals surface area contributed by atoms with Crippen molar-refractivity contribution in [2.75, 3.05) is 0 Å². The van der Waals surface area contributed by atoms with Gasteiger partial charge in [0.15, 0.2) is 0 Å². The number of nitrogens with zero attached hydrogens (tertiary/aromatic N) is 2. The van der Waals surface area contributed by atoms with Gasteiger partial charge in [-0.25, -0.2) is 9.78 Å². The number of carbonyl (C=O) groups is 3. The number of primary amides is 1. The SMILES string of the molecule is C[C@@H](C[C@@H]1NC(=O)N([C@H]2CC[C@H](Oc3ncccc3C(N)=O)CC2)C1=O)C(F)(F)F. The minimum Gasteiger partial charge on any atom is -0.474 e. The maximum Gasteiger partial charge on any atom is 0.391 e. The summed E-state index contributed by atoms with van der Waals surface area (Å²) < 4.78 is 44.2. The van der Waals surface area contributed by atoms with Crippen LogP contribution in [-0.2, 0) is 4.79 Å². The number of alkyl halides is 3. The van der Waals surface area contributed by atoms with Gasteiger partial charge in [0.1, 0.15) is 17.7 Å². The molecule has 0 radical (unpaired) electrons. The van der Waals surface area contributed by atoms with Crippen molar-refractivity contribution in [1.82, 2.24) is 15.2 Å². The van der Waals surface area contributed by atoms with Gasteiger partial charge in [0, 0.05) is 12.2 Å². The number of nitrogens with one attached hydrogen (secondary N) is 1. The number of urea groups is 1. The summed E-state index contributed by atoms with van der Waals surface area (Å²) in [6.45, 7) is 0.989. The van der Waals surface area contributed by atoms with Crippen LogP contribution in [0.3, 0.4) is 0 Å². The van der Waals surface area contributed by atoms with E-state index in [1.54, 1.807) is 6.07 Å². The van der Waals surface area contributed by atoms with Crippen molar-refractivity contribution in [3.8, 4) is 5.88 Å². The molecule has 1 aliphatic carbocycles. The highest BCUT2D eigenvalue weighted by Crippen LogP contribution is 2.33. The maximum absolute atomic E-state index is 12.8. The summed E-state index contributed by atoms with van der Waals surface area (Å²) in [7, 11) is 0. The largest absolute Gasteiger partial charge is 0.474 e. The second-order valence-electron chi connectivity index (χ2n) is 7.66. The number of aromatic nitrogens is 1. The minimum atomic E-state index is -4.43. The fourth-order valence-electron chi connectivity index (χ4n) is 3.79. The van der Waals surface area contributed by atoms with Gasteiger partial charge in [-0.1, -0.05) is 6.92 Å². The summed E-state index contributed by atoms with van der Waals surface area (Å²) in [5, 5.41) is 2.37. The molecule has 11 heteroatoms. The molecule has 3 rings (SSSR count). The number of rotatable bonds is 6. The standard InChI is InChI=1S/C19H23F3N4O4/c1-10(19(20,21)22)9-14-17(28)26(18(29)25-14)11-4-6-12(7-5-11)30-16-13(15(23)27)3-2-8-24-16/h2-3,8,10-12,14H,4-7,9H2,1H3,(H2,23,27)(H,25,29)/t10-,11-,12-,14-/m0/s1. The highest BCUT2D eigenvalue weighted by molar-refractivity contribution is 6.04. The number of amides is 4. The van der Waals surface area contributed by atoms with E-state index in [-0.39, 0.29) is 17.5 Å². The summed E-state index contributed by atoms with van der Waals surface area (Å²) in [6, 6.07) is 0.825. The molecule has 2 atom stereocenters. The molecule has 1 aliphatic heterocycles. The van der Waals surface area contributed by atoms with Gasteiger partial charge < -0.3 is 15.8 Å². The fourth-order valence-corrected chi connectivity index (χ4v) is 3.79. The third kappa shape index (κ3) is 4.65. The van der Waals surface area contributed by atoms with E-state index in [9.17, 15) is 27.6 Å². The molecule has 30 heavy (non-hydrogen) atoms. The van der Waals surface area contributed by atoms with Gasteiger partial charge in [-0.15, -0.1) is 0 Å². The minimum absolute atomic E-state index is 0.129. The fraction of sp³-hybridized carbons (Fsp3) is 0.579. The summed E-state index contributed by atoms with van der Waals surface area (Å²) in [6.07, 6.45) is -1.88. The summed E-state index contributed by atoms with van der Waals surface area (Å²) >= 11 is 0. The summed E-state index contributed by atoms with van der Waals surface area (Å²) in [4.78, 5) is 41.3. The van der Waals surface area contributed by atoms with Crippen molar-refractivity contribution in [3.05, 3.63) is 23.9 Å². The van der Waals surface area contributed by atoms with Crippen LogP contribution in [0.5, 0.6) is 5.88 Å². The molecule has 0 bridgehead atoms. The lowest BCUT2D eigenvalue weighted by molar-refractivity contribution is -0.172. The Labute approximate surface area is 170 Å². The van der Waals surface area contributed by atoms with Crippen LogP contribution in [-0.4, -0.2) is 52.1 Å². The molecule has 0 unspecified atom stereocenters. The van der Waals surface area contributed by atoms with Gasteiger partial charge in [0.2, 0.25) is 5.88 Å². The van der Waals surface area contributed by atoms with Crippen LogP contribution >= 0.6 is 0 Å². The van der Waals surface area contributed by atoms with Crippen LogP contribution < -0.4 is 15.8 Å². The molecule has 2 heterocycles. The zero-order valence-electron chi connectivity index (χ0n) is 16.3. The Morgan fingerprint density at radius 1 is 1.33 bits per heavy atom. The zero-order chi connectivity index (χ0) is 22.1. The van der Waals surface area contributed by atoms with Crippen molar-refractivity contribution in [2.24, 2.45) is 11.7 Å². The first-order valence-electron chi connectivity index (χ1n) is 9.69. The Kier molecular flexibility index (Phi) is 6.18. The summed E-state index contributed by atoms with van der Waals surface area (Å²) in [5.74, 6) is -2.86. The van der Waals surface area contributed by atoms with Crippen LogP contribution in [0.25, 0.3) is 0 Å². The Bertz CT molecular complexity index is 824. The number of carbonyl (C=O) groups excluding carboxylic acids is 3. The lowest BCUT2D eigenvalue weighted by Gasteiger charge is -2.33. The van der Waals surface area contributed by atoms with E-state index >= 15 is 0 Å². The van der Waals surface area contributed by atoms with E-state index in [2.05, 4.69) is 10.3 Å². The van der Waals surface area contributed by atoms with Gasteiger partial charge in [-0.3, -0.25) is 14.5 Å². The number of imide groups is 1. The van der Waals surface area contributed by atoms with Crippen LogP contribution in [0, 0.1) is 5.92 Å². The zero-order valence-corrected chi connectivity index (χ0v) is 16.3. The molecule has 8 nitrogen and oxygen atoms in total. The molecule has 2 aliphatic rings. The number of ether oxygens (including phenoxy) is 1. The first-order valence-corrected chi connectivity index (χ1v) is 9.69. The average molecular weight is 428 g/mol. The molecule has 0 spiro atoms. The van der Waals surface area contributed by atoms with Gasteiger partial charge in [0.25, 0.3) is 11.8 Å². The first-order chi connectivity index (χ1) is 14.1. The predicted octanol–water partition coefficient (Wildman–Crippen LogP) is 2.38. The van der Waals surface area contributed by atoms with Gasteiger partial charge in [0.05, 0.1) is 5.92 Å². The lowest BCUT2D eigenvalue weighted by Crippen LogP contribution is -2.44. The molecule has 2 fully saturated rings. The Hall–Kier alpha value is -2.85. The van der Waals surface area contributed by atoms with E-state index in [1.807, 2.05) is 0 Å². The highest BCUT2D eigenvalue weighted by atomic mass is 19.4. The summed E-state index contributed by atoms with van der Waals surface area (Å²) in [5.41, 5.74) is 5.47. The number of pyridine rings is 1. The van der Waals surface area contributed by atoms with Gasteiger partial charge in [-0.2, -0.15) is 13.2 Å². The maximum atomic E-state index is 12.8. The number of hydrogen-bond acceptors (Lipinski definition) is 5. The van der Waals surface area contributed by atoms with Crippen molar-refractivity contribution >= 4 is 17.8 Å². The van der Waals surface area contributed by atoms with Crippen molar-refractivity contribution < 1.29 is 32.3 Å². The number of halogens is 3. The molecule has 1 saturated heterocycles. The van der Waals surface area contributed by atoms with Crippen molar-refractivity contribution in [2.45, 2.75) is 63.4 Å². The molecular weight excluding hydrogens is 405 g/mol. The second-order valence-corrected chi connectivity index (χ2v) is 7.66. The highest BCUT2D eigenvalue weighted by Gasteiger charge is 2.46. The quantitative estimate of drug-likeness (QED) is 0.675. The number of nitrogens with two attached hydrogens (primary N) is 1. The Morgan fingerprint density at radius 3 is 2.60 bits per heavy atom. The van der Waals surface area contributed by atoms with E-state index in [1.165, 1.54) is 12.3 Å². The molecule has 1 aromatic rings. The van der Waals surface area contributed by atoms with Crippen molar-refractivity contribution in [1.29, 1.82) is 0 Å². The van der Waals surface area contributed by atoms with Crippen LogP contribution in [0.4, 0.5) is 18.0 Å². The van der Waals surface area contributed by atoms with Crippen LogP contribution in [0.15, 0.2) is 18.3 Å². The number of hydrogen-bond donors (Lipinski definition) is 2. The van der Waals surface area contributed by atoms with E-state index < -0.39 is 48.4 Å². The van der Waals surface area contributed by atoms with E-state index in [4.69, 9.17) is 10.5 Å². The first kappa shape index (κ1) is 21.8. The van der Waals surface area contributed by atoms with E-state index in [0.717, 1.165) is 11.8 Å². The molecular formula is C19H23F3N4O4. The average Bonchev–Trinajstić information content (AvgIpc) is 2.95. The monoisotopic (exact) mass is 428 g/mol. The Morgan fingerprint density at radius 2 is 2.00 bits per heavy atom. The predicted molar refractivity (Wildman–Crippen MR) is 98.4 cm³/mol. The van der Waals surface area contributed by atoms with Crippen LogP contribution in [0.2, 0.25) is 0 Å². The van der Waals surface area contributed by atoms with E-state index in [0.29, 0.717) is 25.7 Å². The van der Waals surface area contributed by atoms with Gasteiger partial charge in [-0.05, 0) is 44.2 Å². The Balaban J connectivity index is 1.58. The normalized spacial score (nSPS) is 25.7. The topological polar surface area (TPSA) is 115 Å². The second kappa shape index (κ2) is 8.49. The molecule has 0 aromatic carbocycles. The van der Waals surface area contributed by atoms with Crippen LogP contribution in [0.1, 0.15) is 49.4 Å². The van der Waals surface area contributed by atoms with Gasteiger partial charge >= 0.3 is 12.2 Å². The van der Waals surface area contributed by atoms with Crippen molar-refractivity contribution in [3.63, 3.8) is 0 Å². The molecule has 164 valence electrons. The molecule has 3 N–H and O–H groups in total.